The molecule has 31 heavy (non-hydrogen) atoms. The van der Waals surface area contributed by atoms with Gasteiger partial charge in [0.25, 0.3) is 0 Å². The third-order valence-corrected chi connectivity index (χ3v) is 7.28. The van der Waals surface area contributed by atoms with Crippen LogP contribution in [0.4, 0.5) is 5.82 Å². The Balaban J connectivity index is 1.23. The van der Waals surface area contributed by atoms with E-state index in [1.165, 1.54) is 50.0 Å². The molecule has 0 saturated carbocycles. The third-order valence-electron chi connectivity index (χ3n) is 7.28. The van der Waals surface area contributed by atoms with Crippen molar-refractivity contribution >= 4 is 17.5 Å². The standard InChI is InChI=1S/C26H35N5/c1-20(2)29-14-9-23(10-15-29)30-12-5-13-31(17-16-30)26-8-3-7-24(28-26)22-18-21-6-4-11-27-25(21)19-22/h3-4,6-8,11,19-20,23H,5,9-10,12-18H2,1-2H3. The summed E-state index contributed by atoms with van der Waals surface area (Å²) in [6.07, 6.45) is 8.85. The maximum Gasteiger partial charge on any atom is 0.129 e. The summed E-state index contributed by atoms with van der Waals surface area (Å²) in [5.41, 5.74) is 4.78. The van der Waals surface area contributed by atoms with Crippen molar-refractivity contribution in [1.82, 2.24) is 19.8 Å². The van der Waals surface area contributed by atoms with Gasteiger partial charge in [-0.1, -0.05) is 12.1 Å². The number of hydrogen-bond donors (Lipinski definition) is 0. The second-order valence-electron chi connectivity index (χ2n) is 9.51. The van der Waals surface area contributed by atoms with Crippen molar-refractivity contribution in [2.45, 2.75) is 51.6 Å². The Hall–Kier alpha value is -2.24. The van der Waals surface area contributed by atoms with Crippen LogP contribution in [0.25, 0.3) is 11.6 Å². The predicted molar refractivity (Wildman–Crippen MR) is 128 cm³/mol. The highest BCUT2D eigenvalue weighted by Gasteiger charge is 2.27. The number of likely N-dealkylation sites (tertiary alicyclic amines) is 1. The van der Waals surface area contributed by atoms with E-state index in [2.05, 4.69) is 63.9 Å². The molecule has 0 spiro atoms. The Morgan fingerprint density at radius 3 is 2.61 bits per heavy atom. The van der Waals surface area contributed by atoms with Gasteiger partial charge < -0.3 is 9.80 Å². The third kappa shape index (κ3) is 4.53. The van der Waals surface area contributed by atoms with Gasteiger partial charge in [0.2, 0.25) is 0 Å². The first kappa shape index (κ1) is 20.7. The molecule has 0 N–H and O–H groups in total. The summed E-state index contributed by atoms with van der Waals surface area (Å²) in [6.45, 7) is 11.7. The Labute approximate surface area is 186 Å². The first-order valence-electron chi connectivity index (χ1n) is 12.0. The van der Waals surface area contributed by atoms with E-state index in [0.29, 0.717) is 6.04 Å². The number of pyridine rings is 2. The summed E-state index contributed by atoms with van der Waals surface area (Å²) in [5.74, 6) is 1.12. The second kappa shape index (κ2) is 9.09. The zero-order chi connectivity index (χ0) is 21.2. The summed E-state index contributed by atoms with van der Waals surface area (Å²) in [4.78, 5) is 17.5. The molecule has 2 saturated heterocycles. The summed E-state index contributed by atoms with van der Waals surface area (Å²) in [7, 11) is 0. The number of piperidine rings is 1. The van der Waals surface area contributed by atoms with Crippen LogP contribution in [0.5, 0.6) is 0 Å². The predicted octanol–water partition coefficient (Wildman–Crippen LogP) is 3.96. The molecule has 164 valence electrons. The molecule has 0 aromatic carbocycles. The first-order valence-corrected chi connectivity index (χ1v) is 12.0. The average molecular weight is 418 g/mol. The molecule has 2 aliphatic heterocycles. The second-order valence-corrected chi connectivity index (χ2v) is 9.51. The van der Waals surface area contributed by atoms with Crippen molar-refractivity contribution in [3.05, 3.63) is 53.5 Å². The van der Waals surface area contributed by atoms with Crippen molar-refractivity contribution in [2.24, 2.45) is 0 Å². The van der Waals surface area contributed by atoms with Crippen LogP contribution in [0, 0.1) is 0 Å². The van der Waals surface area contributed by atoms with Crippen LogP contribution >= 0.6 is 0 Å². The molecular formula is C26H35N5. The molecule has 0 amide bonds. The maximum absolute atomic E-state index is 5.07. The fraction of sp³-hybridized carbons (Fsp3) is 0.538. The van der Waals surface area contributed by atoms with Gasteiger partial charge in [-0.05, 0) is 81.6 Å². The number of rotatable bonds is 4. The summed E-state index contributed by atoms with van der Waals surface area (Å²) in [5, 5.41) is 0. The molecule has 0 bridgehead atoms. The minimum absolute atomic E-state index is 0.678. The van der Waals surface area contributed by atoms with E-state index in [1.54, 1.807) is 0 Å². The van der Waals surface area contributed by atoms with E-state index in [9.17, 15) is 0 Å². The van der Waals surface area contributed by atoms with Crippen LogP contribution < -0.4 is 4.90 Å². The van der Waals surface area contributed by atoms with Crippen LogP contribution in [0.3, 0.4) is 0 Å². The van der Waals surface area contributed by atoms with Gasteiger partial charge in [0, 0.05) is 50.9 Å². The molecule has 1 aliphatic carbocycles. The summed E-state index contributed by atoms with van der Waals surface area (Å²) in [6, 6.07) is 12.1. The molecule has 2 aromatic heterocycles. The number of hydrogen-bond acceptors (Lipinski definition) is 5. The molecule has 5 heteroatoms. The van der Waals surface area contributed by atoms with Gasteiger partial charge >= 0.3 is 0 Å². The highest BCUT2D eigenvalue weighted by Crippen LogP contribution is 2.30. The SMILES string of the molecule is CC(C)N1CCC(N2CCCN(c3cccc(C4=Cc5ncccc5C4)n3)CC2)CC1. The minimum atomic E-state index is 0.678. The van der Waals surface area contributed by atoms with Crippen molar-refractivity contribution < 1.29 is 0 Å². The Morgan fingerprint density at radius 1 is 0.935 bits per heavy atom. The van der Waals surface area contributed by atoms with E-state index < -0.39 is 0 Å². The van der Waals surface area contributed by atoms with Gasteiger partial charge in [-0.2, -0.15) is 0 Å². The van der Waals surface area contributed by atoms with Crippen LogP contribution in [-0.4, -0.2) is 71.1 Å². The monoisotopic (exact) mass is 417 g/mol. The van der Waals surface area contributed by atoms with Gasteiger partial charge in [-0.15, -0.1) is 0 Å². The van der Waals surface area contributed by atoms with Gasteiger partial charge in [-0.3, -0.25) is 9.88 Å². The Kier molecular flexibility index (Phi) is 6.06. The maximum atomic E-state index is 5.07. The average Bonchev–Trinajstić information content (AvgIpc) is 3.09. The van der Waals surface area contributed by atoms with Crippen LogP contribution in [-0.2, 0) is 6.42 Å². The van der Waals surface area contributed by atoms with E-state index in [1.807, 2.05) is 12.3 Å². The van der Waals surface area contributed by atoms with Crippen molar-refractivity contribution in [3.63, 3.8) is 0 Å². The van der Waals surface area contributed by atoms with E-state index in [-0.39, 0.29) is 0 Å². The van der Waals surface area contributed by atoms with Crippen molar-refractivity contribution in [1.29, 1.82) is 0 Å². The highest BCUT2D eigenvalue weighted by molar-refractivity contribution is 5.86. The normalized spacial score (nSPS) is 21.3. The van der Waals surface area contributed by atoms with Crippen LogP contribution in [0.15, 0.2) is 36.5 Å². The van der Waals surface area contributed by atoms with Crippen molar-refractivity contribution in [2.75, 3.05) is 44.2 Å². The Bertz CT molecular complexity index is 929. The fourth-order valence-electron chi connectivity index (χ4n) is 5.39. The van der Waals surface area contributed by atoms with Crippen LogP contribution in [0.1, 0.15) is 50.1 Å². The van der Waals surface area contributed by atoms with Crippen LogP contribution in [0.2, 0.25) is 0 Å². The number of fused-ring (bicyclic) bond motifs is 1. The zero-order valence-electron chi connectivity index (χ0n) is 19.0. The number of nitrogens with zero attached hydrogens (tertiary/aromatic N) is 5. The lowest BCUT2D eigenvalue weighted by Gasteiger charge is -2.39. The quantitative estimate of drug-likeness (QED) is 0.753. The largest absolute Gasteiger partial charge is 0.355 e. The molecule has 5 nitrogen and oxygen atoms in total. The van der Waals surface area contributed by atoms with E-state index in [4.69, 9.17) is 4.98 Å². The smallest absolute Gasteiger partial charge is 0.129 e. The van der Waals surface area contributed by atoms with E-state index >= 15 is 0 Å². The minimum Gasteiger partial charge on any atom is -0.355 e. The lowest BCUT2D eigenvalue weighted by molar-refractivity contribution is 0.0965. The molecule has 0 unspecified atom stereocenters. The lowest BCUT2D eigenvalue weighted by Crippen LogP contribution is -2.47. The molecule has 0 radical (unpaired) electrons. The molecule has 2 fully saturated rings. The fourth-order valence-corrected chi connectivity index (χ4v) is 5.39. The molecule has 3 aliphatic rings. The van der Waals surface area contributed by atoms with Crippen molar-refractivity contribution in [3.8, 4) is 0 Å². The number of aromatic nitrogens is 2. The highest BCUT2D eigenvalue weighted by atomic mass is 15.3. The number of anilines is 1. The van der Waals surface area contributed by atoms with Gasteiger partial charge in [0.15, 0.2) is 0 Å². The number of allylic oxidation sites excluding steroid dienone is 1. The topological polar surface area (TPSA) is 35.5 Å². The van der Waals surface area contributed by atoms with Gasteiger partial charge in [0.05, 0.1) is 11.4 Å². The lowest BCUT2D eigenvalue weighted by atomic mass is 10.0. The zero-order valence-corrected chi connectivity index (χ0v) is 19.0. The van der Waals surface area contributed by atoms with Gasteiger partial charge in [-0.25, -0.2) is 4.98 Å². The van der Waals surface area contributed by atoms with Gasteiger partial charge in [0.1, 0.15) is 5.82 Å². The summed E-state index contributed by atoms with van der Waals surface area (Å²) >= 11 is 0. The molecule has 5 rings (SSSR count). The molecule has 0 atom stereocenters. The summed E-state index contributed by atoms with van der Waals surface area (Å²) < 4.78 is 0. The van der Waals surface area contributed by atoms with E-state index in [0.717, 1.165) is 49.3 Å². The Morgan fingerprint density at radius 2 is 1.81 bits per heavy atom. The molecular weight excluding hydrogens is 382 g/mol. The molecule has 4 heterocycles. The molecule has 2 aromatic rings. The first-order chi connectivity index (χ1) is 15.2.